The quantitative estimate of drug-likeness (QED) is 0.205. The van der Waals surface area contributed by atoms with Crippen molar-refractivity contribution in [1.29, 1.82) is 0 Å². The average molecular weight is 492 g/mol. The molecule has 1 aliphatic carbocycles. The number of thiocarbonyl (C=S) groups is 1. The second-order valence-corrected chi connectivity index (χ2v) is 9.95. The highest BCUT2D eigenvalue weighted by atomic mass is 35.5. The third kappa shape index (κ3) is 5.14. The second kappa shape index (κ2) is 9.74. The maximum Gasteiger partial charge on any atom is 0.345 e. The van der Waals surface area contributed by atoms with E-state index in [1.165, 1.54) is 30.3 Å². The molecule has 2 aromatic rings. The van der Waals surface area contributed by atoms with E-state index in [2.05, 4.69) is 0 Å². The van der Waals surface area contributed by atoms with E-state index in [0.717, 1.165) is 31.2 Å². The molecular formula is C23H19Cl2NO3S2. The molecule has 0 N–H and O–H groups in total. The van der Waals surface area contributed by atoms with Gasteiger partial charge in [-0.25, -0.2) is 4.79 Å². The Balaban J connectivity index is 1.44. The van der Waals surface area contributed by atoms with Crippen LogP contribution in [-0.2, 0) is 4.79 Å². The number of esters is 1. The van der Waals surface area contributed by atoms with Gasteiger partial charge in [0.25, 0.3) is 5.91 Å². The maximum atomic E-state index is 12.9. The minimum absolute atomic E-state index is 0.0187. The van der Waals surface area contributed by atoms with Crippen LogP contribution in [0, 0.1) is 0 Å². The molecule has 0 bridgehead atoms. The monoisotopic (exact) mass is 491 g/mol. The van der Waals surface area contributed by atoms with Crippen LogP contribution in [0.1, 0.15) is 48.0 Å². The Bertz CT molecular complexity index is 1060. The Morgan fingerprint density at radius 3 is 2.48 bits per heavy atom. The van der Waals surface area contributed by atoms with E-state index >= 15 is 0 Å². The Morgan fingerprint density at radius 2 is 1.81 bits per heavy atom. The summed E-state index contributed by atoms with van der Waals surface area (Å²) < 4.78 is 6.03. The normalized spacial score (nSPS) is 18.6. The standard InChI is InChI=1S/C23H19Cl2NO3S2/c24-15-8-11-18(19(25)13-15)22(28)29-17-9-6-14(7-10-17)12-20-21(27)26(23(30)31-20)16-4-2-1-3-5-16/h6-13,16H,1-5H2. The Labute approximate surface area is 200 Å². The molecule has 0 spiro atoms. The molecule has 8 heteroatoms. The van der Waals surface area contributed by atoms with E-state index in [9.17, 15) is 9.59 Å². The minimum atomic E-state index is -0.567. The molecule has 160 valence electrons. The summed E-state index contributed by atoms with van der Waals surface area (Å²) in [6.07, 6.45) is 7.35. The zero-order valence-electron chi connectivity index (χ0n) is 16.5. The van der Waals surface area contributed by atoms with Gasteiger partial charge in [-0.15, -0.1) is 0 Å². The van der Waals surface area contributed by atoms with Gasteiger partial charge in [-0.2, -0.15) is 0 Å². The lowest BCUT2D eigenvalue weighted by molar-refractivity contribution is -0.124. The second-order valence-electron chi connectivity index (χ2n) is 7.43. The predicted octanol–water partition coefficient (Wildman–Crippen LogP) is 6.75. The molecule has 1 amide bonds. The summed E-state index contributed by atoms with van der Waals surface area (Å²) in [5.74, 6) is -0.208. The summed E-state index contributed by atoms with van der Waals surface area (Å²) in [6.45, 7) is 0. The lowest BCUT2D eigenvalue weighted by atomic mass is 9.94. The number of carbonyl (C=O) groups is 2. The van der Waals surface area contributed by atoms with E-state index in [-0.39, 0.29) is 22.5 Å². The molecule has 2 aliphatic rings. The smallest absolute Gasteiger partial charge is 0.345 e. The van der Waals surface area contributed by atoms with Crippen molar-refractivity contribution in [3.05, 3.63) is 68.5 Å². The highest BCUT2D eigenvalue weighted by Gasteiger charge is 2.37. The number of hydrogen-bond acceptors (Lipinski definition) is 5. The first-order valence-corrected chi connectivity index (χ1v) is 11.9. The zero-order valence-corrected chi connectivity index (χ0v) is 19.6. The Morgan fingerprint density at radius 1 is 1.10 bits per heavy atom. The van der Waals surface area contributed by atoms with Crippen LogP contribution < -0.4 is 4.74 Å². The fraction of sp³-hybridized carbons (Fsp3) is 0.261. The van der Waals surface area contributed by atoms with Gasteiger partial charge in [-0.1, -0.05) is 78.6 Å². The van der Waals surface area contributed by atoms with Crippen molar-refractivity contribution in [2.24, 2.45) is 0 Å². The molecule has 4 nitrogen and oxygen atoms in total. The highest BCUT2D eigenvalue weighted by Crippen LogP contribution is 2.37. The lowest BCUT2D eigenvalue weighted by Crippen LogP contribution is -2.39. The van der Waals surface area contributed by atoms with E-state index in [0.29, 0.717) is 20.0 Å². The van der Waals surface area contributed by atoms with Crippen LogP contribution in [0.15, 0.2) is 47.4 Å². The summed E-state index contributed by atoms with van der Waals surface area (Å²) in [6, 6.07) is 11.7. The van der Waals surface area contributed by atoms with Crippen molar-refractivity contribution in [2.75, 3.05) is 0 Å². The van der Waals surface area contributed by atoms with Gasteiger partial charge in [-0.3, -0.25) is 9.69 Å². The van der Waals surface area contributed by atoms with E-state index in [1.807, 2.05) is 6.08 Å². The van der Waals surface area contributed by atoms with Gasteiger partial charge in [0, 0.05) is 11.1 Å². The number of ether oxygens (including phenoxy) is 1. The van der Waals surface area contributed by atoms with Gasteiger partial charge in [0.2, 0.25) is 0 Å². The fourth-order valence-corrected chi connectivity index (χ4v) is 5.62. The number of amides is 1. The van der Waals surface area contributed by atoms with Crippen LogP contribution in [0.4, 0.5) is 0 Å². The first-order valence-electron chi connectivity index (χ1n) is 9.97. The van der Waals surface area contributed by atoms with Gasteiger partial charge >= 0.3 is 5.97 Å². The number of nitrogens with zero attached hydrogens (tertiary/aromatic N) is 1. The van der Waals surface area contributed by atoms with Crippen LogP contribution in [0.3, 0.4) is 0 Å². The average Bonchev–Trinajstić information content (AvgIpc) is 3.03. The molecule has 0 unspecified atom stereocenters. The topological polar surface area (TPSA) is 46.6 Å². The number of halogens is 2. The fourth-order valence-electron chi connectivity index (χ4n) is 3.73. The zero-order chi connectivity index (χ0) is 22.0. The SMILES string of the molecule is O=C(Oc1ccc(C=C2SC(=S)N(C3CCCCC3)C2=O)cc1)c1ccc(Cl)cc1Cl. The largest absolute Gasteiger partial charge is 0.423 e. The van der Waals surface area contributed by atoms with Crippen molar-refractivity contribution in [1.82, 2.24) is 4.90 Å². The van der Waals surface area contributed by atoms with Crippen LogP contribution in [0.25, 0.3) is 6.08 Å². The summed E-state index contributed by atoms with van der Waals surface area (Å²) in [5.41, 5.74) is 1.06. The molecule has 0 radical (unpaired) electrons. The Kier molecular flexibility index (Phi) is 7.02. The molecule has 0 atom stereocenters. The summed E-state index contributed by atoms with van der Waals surface area (Å²) >= 11 is 18.7. The summed E-state index contributed by atoms with van der Waals surface area (Å²) in [4.78, 5) is 27.7. The Hall–Kier alpha value is -1.86. The molecule has 31 heavy (non-hydrogen) atoms. The molecule has 1 saturated heterocycles. The third-order valence-electron chi connectivity index (χ3n) is 5.30. The number of hydrogen-bond donors (Lipinski definition) is 0. The van der Waals surface area contributed by atoms with Crippen molar-refractivity contribution < 1.29 is 14.3 Å². The molecular weight excluding hydrogens is 473 g/mol. The van der Waals surface area contributed by atoms with E-state index in [1.54, 1.807) is 35.2 Å². The summed E-state index contributed by atoms with van der Waals surface area (Å²) in [7, 11) is 0. The van der Waals surface area contributed by atoms with Gasteiger partial charge in [0.15, 0.2) is 0 Å². The van der Waals surface area contributed by atoms with Crippen molar-refractivity contribution >= 4 is 69.5 Å². The minimum Gasteiger partial charge on any atom is -0.423 e. The number of rotatable bonds is 4. The predicted molar refractivity (Wildman–Crippen MR) is 130 cm³/mol. The first-order chi connectivity index (χ1) is 14.9. The molecule has 2 aromatic carbocycles. The maximum absolute atomic E-state index is 12.9. The van der Waals surface area contributed by atoms with Crippen molar-refractivity contribution in [3.63, 3.8) is 0 Å². The lowest BCUT2D eigenvalue weighted by Gasteiger charge is -2.29. The van der Waals surface area contributed by atoms with Crippen LogP contribution in [-0.4, -0.2) is 27.1 Å². The number of thioether (sulfide) groups is 1. The van der Waals surface area contributed by atoms with Crippen molar-refractivity contribution in [3.8, 4) is 5.75 Å². The highest BCUT2D eigenvalue weighted by molar-refractivity contribution is 8.26. The molecule has 1 aliphatic heterocycles. The molecule has 2 fully saturated rings. The number of benzene rings is 2. The van der Waals surface area contributed by atoms with Gasteiger partial charge < -0.3 is 4.74 Å². The number of carbonyl (C=O) groups excluding carboxylic acids is 2. The molecule has 0 aromatic heterocycles. The summed E-state index contributed by atoms with van der Waals surface area (Å²) in [5, 5.41) is 0.675. The third-order valence-corrected chi connectivity index (χ3v) is 7.18. The van der Waals surface area contributed by atoms with E-state index < -0.39 is 5.97 Å². The molecule has 1 heterocycles. The first kappa shape index (κ1) is 22.3. The van der Waals surface area contributed by atoms with Gasteiger partial charge in [0.05, 0.1) is 15.5 Å². The van der Waals surface area contributed by atoms with Crippen LogP contribution in [0.5, 0.6) is 5.75 Å². The molecule has 4 rings (SSSR count). The van der Waals surface area contributed by atoms with Crippen LogP contribution >= 0.6 is 47.2 Å². The van der Waals surface area contributed by atoms with Gasteiger partial charge in [-0.05, 0) is 54.8 Å². The molecule has 1 saturated carbocycles. The van der Waals surface area contributed by atoms with Gasteiger partial charge in [0.1, 0.15) is 10.1 Å². The van der Waals surface area contributed by atoms with Crippen LogP contribution in [0.2, 0.25) is 10.0 Å². The van der Waals surface area contributed by atoms with E-state index in [4.69, 9.17) is 40.2 Å². The van der Waals surface area contributed by atoms with Crippen molar-refractivity contribution in [2.45, 2.75) is 38.1 Å².